The predicted octanol–water partition coefficient (Wildman–Crippen LogP) is 4.43. The van der Waals surface area contributed by atoms with Crippen LogP contribution in [0.2, 0.25) is 0 Å². The smallest absolute Gasteiger partial charge is 0.132 e. The quantitative estimate of drug-likeness (QED) is 0.873. The molecule has 2 aromatic carbocycles. The molecular weight excluding hydrogens is 260 g/mol. The van der Waals surface area contributed by atoms with Crippen LogP contribution in [-0.2, 0) is 0 Å². The fraction of sp³-hybridized carbons (Fsp3) is 0.250. The lowest BCUT2D eigenvalue weighted by Gasteiger charge is -2.17. The van der Waals surface area contributed by atoms with Crippen LogP contribution in [0.5, 0.6) is 11.5 Å². The highest BCUT2D eigenvalue weighted by Crippen LogP contribution is 2.30. The van der Waals surface area contributed by atoms with E-state index in [1.54, 1.807) is 18.2 Å². The van der Waals surface area contributed by atoms with E-state index in [-0.39, 0.29) is 17.7 Å². The number of hydrogen-bond acceptors (Lipinski definition) is 2. The standard InChI is InChI=1S/C16H17F2NO/c1-3-19-11(2)15-10-13(18)7-8-16(15)20-14-6-4-5-12(17)9-14/h4-11,19H,3H2,1-2H3. The van der Waals surface area contributed by atoms with Gasteiger partial charge in [0.05, 0.1) is 0 Å². The van der Waals surface area contributed by atoms with Crippen molar-refractivity contribution in [3.05, 3.63) is 59.7 Å². The van der Waals surface area contributed by atoms with E-state index in [1.807, 2.05) is 13.8 Å². The highest BCUT2D eigenvalue weighted by Gasteiger charge is 2.13. The Balaban J connectivity index is 2.31. The molecule has 20 heavy (non-hydrogen) atoms. The van der Waals surface area contributed by atoms with Gasteiger partial charge >= 0.3 is 0 Å². The van der Waals surface area contributed by atoms with Crippen LogP contribution in [0.25, 0.3) is 0 Å². The average Bonchev–Trinajstić information content (AvgIpc) is 2.41. The zero-order valence-electron chi connectivity index (χ0n) is 11.5. The van der Waals surface area contributed by atoms with Crippen molar-refractivity contribution < 1.29 is 13.5 Å². The van der Waals surface area contributed by atoms with Crippen molar-refractivity contribution >= 4 is 0 Å². The maximum Gasteiger partial charge on any atom is 0.132 e. The largest absolute Gasteiger partial charge is 0.457 e. The van der Waals surface area contributed by atoms with Gasteiger partial charge in [-0.25, -0.2) is 8.78 Å². The van der Waals surface area contributed by atoms with Crippen LogP contribution in [0.15, 0.2) is 42.5 Å². The van der Waals surface area contributed by atoms with E-state index < -0.39 is 0 Å². The summed E-state index contributed by atoms with van der Waals surface area (Å²) in [6.45, 7) is 4.66. The Kier molecular flexibility index (Phi) is 4.69. The molecule has 0 saturated heterocycles. The average molecular weight is 277 g/mol. The van der Waals surface area contributed by atoms with E-state index >= 15 is 0 Å². The molecule has 0 aromatic heterocycles. The molecular formula is C16H17F2NO. The van der Waals surface area contributed by atoms with E-state index in [1.165, 1.54) is 24.3 Å². The minimum absolute atomic E-state index is 0.0562. The summed E-state index contributed by atoms with van der Waals surface area (Å²) in [6.07, 6.45) is 0. The molecule has 1 atom stereocenters. The van der Waals surface area contributed by atoms with Crippen molar-refractivity contribution in [3.63, 3.8) is 0 Å². The van der Waals surface area contributed by atoms with Crippen molar-refractivity contribution in [3.8, 4) is 11.5 Å². The number of ether oxygens (including phenoxy) is 1. The highest BCUT2D eigenvalue weighted by molar-refractivity contribution is 5.40. The lowest BCUT2D eigenvalue weighted by molar-refractivity contribution is 0.455. The molecule has 106 valence electrons. The molecule has 0 aliphatic carbocycles. The second kappa shape index (κ2) is 6.48. The lowest BCUT2D eigenvalue weighted by Crippen LogP contribution is -2.18. The Labute approximate surface area is 117 Å². The number of benzene rings is 2. The molecule has 0 aliphatic rings. The maximum absolute atomic E-state index is 13.4. The first-order valence-electron chi connectivity index (χ1n) is 6.56. The van der Waals surface area contributed by atoms with Crippen LogP contribution in [0, 0.1) is 11.6 Å². The van der Waals surface area contributed by atoms with Crippen LogP contribution in [0.3, 0.4) is 0 Å². The first-order chi connectivity index (χ1) is 9.60. The second-order valence-electron chi connectivity index (χ2n) is 4.52. The van der Waals surface area contributed by atoms with E-state index in [0.29, 0.717) is 17.1 Å². The van der Waals surface area contributed by atoms with E-state index in [9.17, 15) is 8.78 Å². The third-order valence-corrected chi connectivity index (χ3v) is 2.97. The van der Waals surface area contributed by atoms with Crippen LogP contribution in [0.4, 0.5) is 8.78 Å². The molecule has 0 radical (unpaired) electrons. The number of rotatable bonds is 5. The van der Waals surface area contributed by atoms with Crippen molar-refractivity contribution in [1.29, 1.82) is 0 Å². The summed E-state index contributed by atoms with van der Waals surface area (Å²) in [5.41, 5.74) is 0.705. The SMILES string of the molecule is CCNC(C)c1cc(F)ccc1Oc1cccc(F)c1. The normalized spacial score (nSPS) is 12.2. The van der Waals surface area contributed by atoms with Gasteiger partial charge in [-0.15, -0.1) is 0 Å². The van der Waals surface area contributed by atoms with E-state index in [4.69, 9.17) is 4.74 Å². The summed E-state index contributed by atoms with van der Waals surface area (Å²) in [7, 11) is 0. The van der Waals surface area contributed by atoms with Crippen LogP contribution in [-0.4, -0.2) is 6.54 Å². The Morgan fingerprint density at radius 2 is 1.85 bits per heavy atom. The van der Waals surface area contributed by atoms with Gasteiger partial charge in [-0.1, -0.05) is 13.0 Å². The molecule has 2 aromatic rings. The van der Waals surface area contributed by atoms with E-state index in [2.05, 4.69) is 5.32 Å². The molecule has 0 saturated carbocycles. The first kappa shape index (κ1) is 14.5. The fourth-order valence-electron chi connectivity index (χ4n) is 2.02. The van der Waals surface area contributed by atoms with Crippen LogP contribution >= 0.6 is 0 Å². The molecule has 2 rings (SSSR count). The van der Waals surface area contributed by atoms with Gasteiger partial charge in [0.25, 0.3) is 0 Å². The zero-order chi connectivity index (χ0) is 14.5. The highest BCUT2D eigenvalue weighted by atomic mass is 19.1. The Morgan fingerprint density at radius 1 is 1.10 bits per heavy atom. The van der Waals surface area contributed by atoms with Crippen molar-refractivity contribution in [2.45, 2.75) is 19.9 Å². The summed E-state index contributed by atoms with van der Waals surface area (Å²) in [5, 5.41) is 3.21. The maximum atomic E-state index is 13.4. The van der Waals surface area contributed by atoms with Crippen LogP contribution in [0.1, 0.15) is 25.5 Å². The van der Waals surface area contributed by atoms with Gasteiger partial charge in [-0.05, 0) is 43.8 Å². The minimum Gasteiger partial charge on any atom is -0.457 e. The first-order valence-corrected chi connectivity index (χ1v) is 6.56. The summed E-state index contributed by atoms with van der Waals surface area (Å²) in [5.74, 6) is 0.217. The summed E-state index contributed by atoms with van der Waals surface area (Å²) < 4.78 is 32.2. The molecule has 4 heteroatoms. The van der Waals surface area contributed by atoms with Gasteiger partial charge in [-0.2, -0.15) is 0 Å². The fourth-order valence-corrected chi connectivity index (χ4v) is 2.02. The number of hydrogen-bond donors (Lipinski definition) is 1. The second-order valence-corrected chi connectivity index (χ2v) is 4.52. The molecule has 1 N–H and O–H groups in total. The zero-order valence-corrected chi connectivity index (χ0v) is 11.5. The third-order valence-electron chi connectivity index (χ3n) is 2.97. The summed E-state index contributed by atoms with van der Waals surface area (Å²) in [6, 6.07) is 10.1. The molecule has 0 amide bonds. The van der Waals surface area contributed by atoms with Gasteiger partial charge < -0.3 is 10.1 Å². The Hall–Kier alpha value is -1.94. The molecule has 0 aliphatic heterocycles. The molecule has 0 spiro atoms. The van der Waals surface area contributed by atoms with Gasteiger partial charge in [0.2, 0.25) is 0 Å². The molecule has 0 heterocycles. The van der Waals surface area contributed by atoms with Crippen molar-refractivity contribution in [1.82, 2.24) is 5.32 Å². The topological polar surface area (TPSA) is 21.3 Å². The predicted molar refractivity (Wildman–Crippen MR) is 75.0 cm³/mol. The molecule has 0 fully saturated rings. The Morgan fingerprint density at radius 3 is 2.55 bits per heavy atom. The lowest BCUT2D eigenvalue weighted by atomic mass is 10.1. The monoisotopic (exact) mass is 277 g/mol. The van der Waals surface area contributed by atoms with Gasteiger partial charge in [0.1, 0.15) is 23.1 Å². The molecule has 1 unspecified atom stereocenters. The minimum atomic E-state index is -0.370. The van der Waals surface area contributed by atoms with Gasteiger partial charge in [-0.3, -0.25) is 0 Å². The number of halogens is 2. The molecule has 2 nitrogen and oxygen atoms in total. The summed E-state index contributed by atoms with van der Waals surface area (Å²) in [4.78, 5) is 0. The molecule has 0 bridgehead atoms. The third kappa shape index (κ3) is 3.54. The van der Waals surface area contributed by atoms with Crippen LogP contribution < -0.4 is 10.1 Å². The summed E-state index contributed by atoms with van der Waals surface area (Å²) >= 11 is 0. The van der Waals surface area contributed by atoms with Gasteiger partial charge in [0, 0.05) is 17.7 Å². The Bertz CT molecular complexity index is 586. The number of nitrogens with one attached hydrogen (secondary N) is 1. The van der Waals surface area contributed by atoms with Gasteiger partial charge in [0.15, 0.2) is 0 Å². The van der Waals surface area contributed by atoms with Crippen molar-refractivity contribution in [2.24, 2.45) is 0 Å². The van der Waals surface area contributed by atoms with Crippen molar-refractivity contribution in [2.75, 3.05) is 6.54 Å². The van der Waals surface area contributed by atoms with E-state index in [0.717, 1.165) is 6.54 Å².